The molecule has 5 heteroatoms. The van der Waals surface area contributed by atoms with Gasteiger partial charge in [-0.25, -0.2) is 9.97 Å². The molecule has 0 saturated heterocycles. The van der Waals surface area contributed by atoms with Crippen LogP contribution in [0, 0.1) is 5.92 Å². The first-order valence-electron chi connectivity index (χ1n) is 5.52. The van der Waals surface area contributed by atoms with Gasteiger partial charge in [0, 0.05) is 26.3 Å². The van der Waals surface area contributed by atoms with E-state index in [4.69, 9.17) is 16.3 Å². The van der Waals surface area contributed by atoms with Gasteiger partial charge in [-0.15, -0.1) is 0 Å². The van der Waals surface area contributed by atoms with Crippen molar-refractivity contribution in [3.8, 4) is 0 Å². The maximum atomic E-state index is 5.79. The van der Waals surface area contributed by atoms with Gasteiger partial charge in [0.25, 0.3) is 0 Å². The highest BCUT2D eigenvalue weighted by atomic mass is 35.5. The van der Waals surface area contributed by atoms with Gasteiger partial charge in [0.05, 0.1) is 6.61 Å². The molecule has 0 bridgehead atoms. The molecule has 1 aromatic rings. The standard InChI is InChI=1S/C11H16ClN3O/c1-15(4-5-16-7-9-2-3-9)11-6-10(12)13-8-14-11/h6,8-9H,2-5,7H2,1H3. The molecule has 1 saturated carbocycles. The zero-order valence-electron chi connectivity index (χ0n) is 9.40. The van der Waals surface area contributed by atoms with E-state index in [1.807, 2.05) is 11.9 Å². The van der Waals surface area contributed by atoms with Crippen LogP contribution in [-0.4, -0.2) is 36.8 Å². The van der Waals surface area contributed by atoms with Crippen molar-refractivity contribution in [1.82, 2.24) is 9.97 Å². The van der Waals surface area contributed by atoms with Crippen LogP contribution in [0.4, 0.5) is 5.82 Å². The van der Waals surface area contributed by atoms with E-state index >= 15 is 0 Å². The van der Waals surface area contributed by atoms with Gasteiger partial charge >= 0.3 is 0 Å². The molecule has 1 heterocycles. The lowest BCUT2D eigenvalue weighted by atomic mass is 10.4. The van der Waals surface area contributed by atoms with Gasteiger partial charge in [0.1, 0.15) is 17.3 Å². The topological polar surface area (TPSA) is 38.2 Å². The molecule has 1 aromatic heterocycles. The molecular weight excluding hydrogens is 226 g/mol. The van der Waals surface area contributed by atoms with Crippen molar-refractivity contribution in [2.45, 2.75) is 12.8 Å². The molecular formula is C11H16ClN3O. The number of hydrogen-bond donors (Lipinski definition) is 0. The fourth-order valence-electron chi connectivity index (χ4n) is 1.38. The van der Waals surface area contributed by atoms with E-state index < -0.39 is 0 Å². The highest BCUT2D eigenvalue weighted by molar-refractivity contribution is 6.29. The summed E-state index contributed by atoms with van der Waals surface area (Å²) in [5.74, 6) is 1.65. The molecule has 0 amide bonds. The maximum Gasteiger partial charge on any atom is 0.134 e. The second-order valence-electron chi connectivity index (χ2n) is 4.14. The minimum absolute atomic E-state index is 0.468. The van der Waals surface area contributed by atoms with E-state index in [0.29, 0.717) is 5.15 Å². The van der Waals surface area contributed by atoms with E-state index in [2.05, 4.69) is 9.97 Å². The molecule has 88 valence electrons. The first-order valence-corrected chi connectivity index (χ1v) is 5.90. The number of rotatable bonds is 6. The lowest BCUT2D eigenvalue weighted by Crippen LogP contribution is -2.23. The molecule has 0 aromatic carbocycles. The van der Waals surface area contributed by atoms with E-state index in [-0.39, 0.29) is 0 Å². The van der Waals surface area contributed by atoms with Crippen molar-refractivity contribution >= 4 is 17.4 Å². The lowest BCUT2D eigenvalue weighted by molar-refractivity contribution is 0.131. The van der Waals surface area contributed by atoms with Crippen molar-refractivity contribution in [3.63, 3.8) is 0 Å². The average Bonchev–Trinajstić information content (AvgIpc) is 3.08. The smallest absolute Gasteiger partial charge is 0.134 e. The fraction of sp³-hybridized carbons (Fsp3) is 0.636. The number of halogens is 1. The second kappa shape index (κ2) is 5.46. The lowest BCUT2D eigenvalue weighted by Gasteiger charge is -2.17. The van der Waals surface area contributed by atoms with Gasteiger partial charge in [0.2, 0.25) is 0 Å². The minimum Gasteiger partial charge on any atom is -0.379 e. The monoisotopic (exact) mass is 241 g/mol. The van der Waals surface area contributed by atoms with E-state index in [0.717, 1.165) is 31.5 Å². The summed E-state index contributed by atoms with van der Waals surface area (Å²) in [6, 6.07) is 1.75. The molecule has 0 spiro atoms. The Morgan fingerprint density at radius 2 is 2.31 bits per heavy atom. The summed E-state index contributed by atoms with van der Waals surface area (Å²) in [7, 11) is 1.97. The van der Waals surface area contributed by atoms with Crippen molar-refractivity contribution in [3.05, 3.63) is 17.5 Å². The Hall–Kier alpha value is -0.870. The fourth-order valence-corrected chi connectivity index (χ4v) is 1.52. The van der Waals surface area contributed by atoms with E-state index in [1.165, 1.54) is 19.2 Å². The Bertz CT molecular complexity index is 344. The number of likely N-dealkylation sites (N-methyl/N-ethyl adjacent to an activating group) is 1. The predicted octanol–water partition coefficient (Wildman–Crippen LogP) is 1.99. The van der Waals surface area contributed by atoms with Crippen LogP contribution < -0.4 is 4.90 Å². The minimum atomic E-state index is 0.468. The first-order chi connectivity index (χ1) is 7.75. The average molecular weight is 242 g/mol. The molecule has 0 aliphatic heterocycles. The summed E-state index contributed by atoms with van der Waals surface area (Å²) >= 11 is 5.79. The van der Waals surface area contributed by atoms with Crippen LogP contribution in [0.15, 0.2) is 12.4 Å². The predicted molar refractivity (Wildman–Crippen MR) is 63.9 cm³/mol. The summed E-state index contributed by atoms with van der Waals surface area (Å²) in [4.78, 5) is 10.0. The van der Waals surface area contributed by atoms with Crippen molar-refractivity contribution in [2.75, 3.05) is 31.7 Å². The normalized spacial score (nSPS) is 15.1. The SMILES string of the molecule is CN(CCOCC1CC1)c1cc(Cl)ncn1. The molecule has 1 aliphatic rings. The van der Waals surface area contributed by atoms with Gasteiger partial charge in [-0.2, -0.15) is 0 Å². The van der Waals surface area contributed by atoms with Crippen LogP contribution >= 0.6 is 11.6 Å². The van der Waals surface area contributed by atoms with Gasteiger partial charge < -0.3 is 9.64 Å². The van der Waals surface area contributed by atoms with Crippen LogP contribution in [0.1, 0.15) is 12.8 Å². The Kier molecular flexibility index (Phi) is 3.96. The van der Waals surface area contributed by atoms with Crippen molar-refractivity contribution in [1.29, 1.82) is 0 Å². The number of aromatic nitrogens is 2. The number of nitrogens with zero attached hydrogens (tertiary/aromatic N) is 3. The van der Waals surface area contributed by atoms with E-state index in [9.17, 15) is 0 Å². The largest absolute Gasteiger partial charge is 0.379 e. The molecule has 0 N–H and O–H groups in total. The van der Waals surface area contributed by atoms with Gasteiger partial charge in [-0.1, -0.05) is 11.6 Å². The first kappa shape index (κ1) is 11.6. The van der Waals surface area contributed by atoms with Crippen LogP contribution in [0.25, 0.3) is 0 Å². The third-order valence-electron chi connectivity index (χ3n) is 2.63. The van der Waals surface area contributed by atoms with Gasteiger partial charge in [0.15, 0.2) is 0 Å². The highest BCUT2D eigenvalue weighted by Gasteiger charge is 2.20. The summed E-state index contributed by atoms with van der Waals surface area (Å²) < 4.78 is 5.56. The third-order valence-corrected chi connectivity index (χ3v) is 2.84. The summed E-state index contributed by atoms with van der Waals surface area (Å²) in [5.41, 5.74) is 0. The molecule has 0 radical (unpaired) electrons. The molecule has 1 aliphatic carbocycles. The Morgan fingerprint density at radius 1 is 1.50 bits per heavy atom. The zero-order valence-corrected chi connectivity index (χ0v) is 10.2. The quantitative estimate of drug-likeness (QED) is 0.564. The molecule has 0 atom stereocenters. The molecule has 1 fully saturated rings. The Morgan fingerprint density at radius 3 is 3.00 bits per heavy atom. The van der Waals surface area contributed by atoms with Gasteiger partial charge in [-0.3, -0.25) is 0 Å². The third kappa shape index (κ3) is 3.61. The number of ether oxygens (including phenoxy) is 1. The van der Waals surface area contributed by atoms with Gasteiger partial charge in [-0.05, 0) is 18.8 Å². The van der Waals surface area contributed by atoms with E-state index in [1.54, 1.807) is 6.07 Å². The van der Waals surface area contributed by atoms with Crippen LogP contribution in [0.2, 0.25) is 5.15 Å². The Balaban J connectivity index is 1.71. The zero-order chi connectivity index (χ0) is 11.4. The maximum absolute atomic E-state index is 5.79. The second-order valence-corrected chi connectivity index (χ2v) is 4.53. The van der Waals surface area contributed by atoms with Crippen LogP contribution in [0.3, 0.4) is 0 Å². The number of hydrogen-bond acceptors (Lipinski definition) is 4. The summed E-state index contributed by atoms with van der Waals surface area (Å²) in [5, 5.41) is 0.468. The Labute approximate surface area is 101 Å². The molecule has 4 nitrogen and oxygen atoms in total. The van der Waals surface area contributed by atoms with Crippen LogP contribution in [0.5, 0.6) is 0 Å². The van der Waals surface area contributed by atoms with Crippen LogP contribution in [-0.2, 0) is 4.74 Å². The molecule has 16 heavy (non-hydrogen) atoms. The van der Waals surface area contributed by atoms with Crippen molar-refractivity contribution in [2.24, 2.45) is 5.92 Å². The summed E-state index contributed by atoms with van der Waals surface area (Å²) in [6.07, 6.45) is 4.13. The molecule has 2 rings (SSSR count). The van der Waals surface area contributed by atoms with Crippen molar-refractivity contribution < 1.29 is 4.74 Å². The number of anilines is 1. The summed E-state index contributed by atoms with van der Waals surface area (Å²) in [6.45, 7) is 2.45. The molecule has 0 unspecified atom stereocenters. The highest BCUT2D eigenvalue weighted by Crippen LogP contribution is 2.28.